The summed E-state index contributed by atoms with van der Waals surface area (Å²) < 4.78 is 12.7. The van der Waals surface area contributed by atoms with Gasteiger partial charge in [-0.25, -0.2) is 5.43 Å². The number of para-hydroxylation sites is 1. The number of methoxy groups -OCH3 is 2. The zero-order valence-corrected chi connectivity index (χ0v) is 20.5. The van der Waals surface area contributed by atoms with Crippen molar-refractivity contribution in [3.05, 3.63) is 70.4 Å². The first kappa shape index (κ1) is 23.5. The van der Waals surface area contributed by atoms with Crippen LogP contribution < -0.4 is 14.9 Å². The third-order valence-electron chi connectivity index (χ3n) is 4.76. The quantitative estimate of drug-likeness (QED) is 0.209. The van der Waals surface area contributed by atoms with Gasteiger partial charge in [0, 0.05) is 21.0 Å². The van der Waals surface area contributed by atoms with Crippen molar-refractivity contribution >= 4 is 35.2 Å². The van der Waals surface area contributed by atoms with E-state index in [1.165, 1.54) is 16.6 Å². The van der Waals surface area contributed by atoms with Gasteiger partial charge in [0.25, 0.3) is 5.91 Å². The highest BCUT2D eigenvalue weighted by Gasteiger charge is 2.18. The van der Waals surface area contributed by atoms with Crippen molar-refractivity contribution in [3.63, 3.8) is 0 Å². The minimum Gasteiger partial charge on any atom is -0.493 e. The Morgan fingerprint density at radius 1 is 1.09 bits per heavy atom. The van der Waals surface area contributed by atoms with E-state index in [1.807, 2.05) is 72.2 Å². The number of nitrogens with one attached hydrogen (secondary N) is 1. The van der Waals surface area contributed by atoms with E-state index < -0.39 is 0 Å². The number of ether oxygens (including phenoxy) is 2. The molecule has 2 aromatic carbocycles. The first-order valence-electron chi connectivity index (χ1n) is 10.3. The smallest absolute Gasteiger partial charge is 0.250 e. The molecule has 0 aliphatic heterocycles. The van der Waals surface area contributed by atoms with Gasteiger partial charge in [0.1, 0.15) is 0 Å². The van der Waals surface area contributed by atoms with Gasteiger partial charge >= 0.3 is 0 Å². The number of carbonyl (C=O) groups is 1. The van der Waals surface area contributed by atoms with Gasteiger partial charge in [0.15, 0.2) is 22.5 Å². The van der Waals surface area contributed by atoms with E-state index in [9.17, 15) is 4.79 Å². The molecular formula is C24H23N5O3S2. The molecule has 0 spiro atoms. The lowest BCUT2D eigenvalue weighted by atomic mass is 10.2. The van der Waals surface area contributed by atoms with Gasteiger partial charge in [-0.05, 0) is 49.4 Å². The van der Waals surface area contributed by atoms with Gasteiger partial charge in [-0.15, -0.1) is 21.5 Å². The molecule has 1 amide bonds. The molecular weight excluding hydrogens is 470 g/mol. The Morgan fingerprint density at radius 2 is 1.88 bits per heavy atom. The number of hydrogen-bond acceptors (Lipinski definition) is 8. The Labute approximate surface area is 205 Å². The van der Waals surface area contributed by atoms with Crippen LogP contribution in [-0.4, -0.2) is 46.9 Å². The zero-order chi connectivity index (χ0) is 23.9. The number of nitrogens with zero attached hydrogens (tertiary/aromatic N) is 4. The largest absolute Gasteiger partial charge is 0.493 e. The fourth-order valence-electron chi connectivity index (χ4n) is 3.19. The molecule has 0 aliphatic rings. The summed E-state index contributed by atoms with van der Waals surface area (Å²) in [5.74, 6) is 1.75. The molecule has 174 valence electrons. The molecule has 0 fully saturated rings. The fourth-order valence-corrected chi connectivity index (χ4v) is 4.68. The second-order valence-corrected chi connectivity index (χ2v) is 9.34. The predicted octanol–water partition coefficient (Wildman–Crippen LogP) is 4.56. The van der Waals surface area contributed by atoms with E-state index in [2.05, 4.69) is 20.7 Å². The molecule has 0 unspecified atom stereocenters. The van der Waals surface area contributed by atoms with Crippen LogP contribution >= 0.6 is 23.1 Å². The van der Waals surface area contributed by atoms with E-state index in [0.29, 0.717) is 22.5 Å². The van der Waals surface area contributed by atoms with E-state index >= 15 is 0 Å². The van der Waals surface area contributed by atoms with Crippen LogP contribution in [0.5, 0.6) is 11.5 Å². The van der Waals surface area contributed by atoms with Crippen molar-refractivity contribution in [2.45, 2.75) is 12.1 Å². The predicted molar refractivity (Wildman–Crippen MR) is 135 cm³/mol. The van der Waals surface area contributed by atoms with E-state index in [0.717, 1.165) is 16.1 Å². The summed E-state index contributed by atoms with van der Waals surface area (Å²) in [6.45, 7) is 2.02. The summed E-state index contributed by atoms with van der Waals surface area (Å²) in [6, 6.07) is 19.3. The van der Waals surface area contributed by atoms with Gasteiger partial charge in [-0.2, -0.15) is 5.10 Å². The molecule has 0 saturated heterocycles. The maximum atomic E-state index is 12.4. The first-order valence-corrected chi connectivity index (χ1v) is 12.1. The maximum absolute atomic E-state index is 12.4. The third kappa shape index (κ3) is 5.46. The standard InChI is InChI=1S/C24H23N5O3S2/c1-16-9-11-19(34-16)14-25-26-22(30)15-33-24-28-27-23(29(24)18-7-5-4-6-8-18)17-10-12-20(31-2)21(13-17)32-3/h4-14H,15H2,1-3H3,(H,26,30). The average Bonchev–Trinajstić information content (AvgIpc) is 3.48. The van der Waals surface area contributed by atoms with Crippen LogP contribution in [0.25, 0.3) is 17.1 Å². The van der Waals surface area contributed by atoms with Gasteiger partial charge in [-0.1, -0.05) is 30.0 Å². The molecule has 0 bridgehead atoms. The second-order valence-electron chi connectivity index (χ2n) is 7.08. The highest BCUT2D eigenvalue weighted by Crippen LogP contribution is 2.34. The van der Waals surface area contributed by atoms with Gasteiger partial charge in [0.2, 0.25) is 0 Å². The molecule has 8 nitrogen and oxygen atoms in total. The lowest BCUT2D eigenvalue weighted by Crippen LogP contribution is -2.19. The number of amides is 1. The number of carbonyl (C=O) groups excluding carboxylic acids is 1. The highest BCUT2D eigenvalue weighted by molar-refractivity contribution is 7.99. The Bertz CT molecular complexity index is 1300. The van der Waals surface area contributed by atoms with E-state index in [-0.39, 0.29) is 11.7 Å². The van der Waals surface area contributed by atoms with Crippen molar-refractivity contribution in [1.82, 2.24) is 20.2 Å². The normalized spacial score (nSPS) is 11.0. The zero-order valence-electron chi connectivity index (χ0n) is 18.9. The molecule has 0 radical (unpaired) electrons. The van der Waals surface area contributed by atoms with E-state index in [1.54, 1.807) is 31.8 Å². The topological polar surface area (TPSA) is 90.6 Å². The van der Waals surface area contributed by atoms with Crippen LogP contribution in [0.1, 0.15) is 9.75 Å². The van der Waals surface area contributed by atoms with Gasteiger partial charge in [-0.3, -0.25) is 9.36 Å². The summed E-state index contributed by atoms with van der Waals surface area (Å²) in [6.07, 6.45) is 1.64. The Kier molecular flexibility index (Phi) is 7.61. The summed E-state index contributed by atoms with van der Waals surface area (Å²) in [7, 11) is 3.18. The van der Waals surface area contributed by atoms with Crippen LogP contribution in [0.3, 0.4) is 0 Å². The Balaban J connectivity index is 1.55. The van der Waals surface area contributed by atoms with Crippen molar-refractivity contribution in [3.8, 4) is 28.6 Å². The number of rotatable bonds is 9. The lowest BCUT2D eigenvalue weighted by molar-refractivity contribution is -0.118. The van der Waals surface area contributed by atoms with Crippen LogP contribution in [0.2, 0.25) is 0 Å². The monoisotopic (exact) mass is 493 g/mol. The lowest BCUT2D eigenvalue weighted by Gasteiger charge is -2.12. The van der Waals surface area contributed by atoms with Crippen LogP contribution in [0, 0.1) is 6.92 Å². The third-order valence-corrected chi connectivity index (χ3v) is 6.63. The highest BCUT2D eigenvalue weighted by atomic mass is 32.2. The molecule has 4 rings (SSSR count). The molecule has 34 heavy (non-hydrogen) atoms. The molecule has 0 aliphatic carbocycles. The van der Waals surface area contributed by atoms with Gasteiger partial charge < -0.3 is 9.47 Å². The summed E-state index contributed by atoms with van der Waals surface area (Å²) in [5.41, 5.74) is 4.25. The fraction of sp³-hybridized carbons (Fsp3) is 0.167. The maximum Gasteiger partial charge on any atom is 0.250 e. The molecule has 0 atom stereocenters. The summed E-state index contributed by atoms with van der Waals surface area (Å²) in [4.78, 5) is 14.5. The van der Waals surface area contributed by atoms with Gasteiger partial charge in [0.05, 0.1) is 26.2 Å². The number of aryl methyl sites for hydroxylation is 1. The van der Waals surface area contributed by atoms with Crippen molar-refractivity contribution in [2.75, 3.05) is 20.0 Å². The molecule has 4 aromatic rings. The SMILES string of the molecule is COc1ccc(-c2nnc(SCC(=O)NN=Cc3ccc(C)s3)n2-c2ccccc2)cc1OC. The van der Waals surface area contributed by atoms with Crippen molar-refractivity contribution < 1.29 is 14.3 Å². The number of hydrazone groups is 1. The van der Waals surface area contributed by atoms with Crippen LogP contribution in [0.15, 0.2) is 70.9 Å². The summed E-state index contributed by atoms with van der Waals surface area (Å²) >= 11 is 2.89. The molecule has 2 aromatic heterocycles. The minimum atomic E-state index is -0.232. The number of hydrogen-bond donors (Lipinski definition) is 1. The Hall–Kier alpha value is -3.63. The average molecular weight is 494 g/mol. The van der Waals surface area contributed by atoms with Crippen LogP contribution in [0.4, 0.5) is 0 Å². The number of benzene rings is 2. The second kappa shape index (κ2) is 11.0. The summed E-state index contributed by atoms with van der Waals surface area (Å²) in [5, 5.41) is 13.4. The van der Waals surface area contributed by atoms with E-state index in [4.69, 9.17) is 9.47 Å². The van der Waals surface area contributed by atoms with Crippen LogP contribution in [-0.2, 0) is 4.79 Å². The molecule has 2 heterocycles. The first-order chi connectivity index (χ1) is 16.6. The van der Waals surface area contributed by atoms with Crippen molar-refractivity contribution in [1.29, 1.82) is 0 Å². The minimum absolute atomic E-state index is 0.137. The number of thioether (sulfide) groups is 1. The molecule has 10 heteroatoms. The number of aromatic nitrogens is 3. The molecule has 1 N–H and O–H groups in total. The Morgan fingerprint density at radius 3 is 2.59 bits per heavy atom. The molecule has 0 saturated carbocycles. The van der Waals surface area contributed by atoms with Crippen molar-refractivity contribution in [2.24, 2.45) is 5.10 Å². The number of thiophene rings is 1.